The van der Waals surface area contributed by atoms with Crippen LogP contribution in [-0.2, 0) is 9.47 Å². The van der Waals surface area contributed by atoms with Gasteiger partial charge in [-0.3, -0.25) is 0 Å². The van der Waals surface area contributed by atoms with Crippen molar-refractivity contribution in [3.05, 3.63) is 0 Å². The summed E-state index contributed by atoms with van der Waals surface area (Å²) in [5.41, 5.74) is 0. The fourth-order valence-electron chi connectivity index (χ4n) is 2.24. The van der Waals surface area contributed by atoms with Crippen LogP contribution in [-0.4, -0.2) is 38.0 Å². The van der Waals surface area contributed by atoms with Crippen molar-refractivity contribution >= 4 is 0 Å². The SMILES string of the molecule is COC[C@H](C)NC1C[C@@H](C)O[C@@H](C)C1. The molecular formula is C11H23NO2. The van der Waals surface area contributed by atoms with Crippen molar-refractivity contribution in [3.63, 3.8) is 0 Å². The lowest BCUT2D eigenvalue weighted by Crippen LogP contribution is -2.46. The fourth-order valence-corrected chi connectivity index (χ4v) is 2.24. The Morgan fingerprint density at radius 3 is 2.43 bits per heavy atom. The molecule has 3 heteroatoms. The zero-order valence-electron chi connectivity index (χ0n) is 9.75. The number of rotatable bonds is 4. The molecule has 1 rings (SSSR count). The Morgan fingerprint density at radius 2 is 1.93 bits per heavy atom. The molecule has 0 radical (unpaired) electrons. The molecule has 1 heterocycles. The zero-order chi connectivity index (χ0) is 10.6. The quantitative estimate of drug-likeness (QED) is 0.749. The van der Waals surface area contributed by atoms with E-state index in [-0.39, 0.29) is 0 Å². The summed E-state index contributed by atoms with van der Waals surface area (Å²) in [6, 6.07) is 1.02. The third kappa shape index (κ3) is 3.95. The molecule has 1 N–H and O–H groups in total. The van der Waals surface area contributed by atoms with Gasteiger partial charge in [-0.1, -0.05) is 0 Å². The predicted molar refractivity (Wildman–Crippen MR) is 57.5 cm³/mol. The van der Waals surface area contributed by atoms with Crippen LogP contribution in [0.25, 0.3) is 0 Å². The molecule has 0 aliphatic carbocycles. The van der Waals surface area contributed by atoms with Crippen molar-refractivity contribution in [1.82, 2.24) is 5.32 Å². The summed E-state index contributed by atoms with van der Waals surface area (Å²) < 4.78 is 10.8. The van der Waals surface area contributed by atoms with Gasteiger partial charge in [-0.15, -0.1) is 0 Å². The molecule has 0 amide bonds. The molecule has 0 aromatic rings. The second-order valence-corrected chi connectivity index (χ2v) is 4.45. The van der Waals surface area contributed by atoms with Crippen molar-refractivity contribution < 1.29 is 9.47 Å². The summed E-state index contributed by atoms with van der Waals surface area (Å²) in [5, 5.41) is 3.58. The Hall–Kier alpha value is -0.120. The van der Waals surface area contributed by atoms with Gasteiger partial charge in [0.2, 0.25) is 0 Å². The van der Waals surface area contributed by atoms with E-state index in [0.717, 1.165) is 19.4 Å². The van der Waals surface area contributed by atoms with Gasteiger partial charge in [0, 0.05) is 19.2 Å². The van der Waals surface area contributed by atoms with Crippen LogP contribution in [0, 0.1) is 0 Å². The number of nitrogens with one attached hydrogen (secondary N) is 1. The predicted octanol–water partition coefficient (Wildman–Crippen LogP) is 1.57. The van der Waals surface area contributed by atoms with Crippen LogP contribution in [0.15, 0.2) is 0 Å². The molecule has 1 unspecified atom stereocenters. The summed E-state index contributed by atoms with van der Waals surface area (Å²) in [6.07, 6.45) is 2.98. The first-order valence-corrected chi connectivity index (χ1v) is 5.52. The van der Waals surface area contributed by atoms with Crippen molar-refractivity contribution in [2.45, 2.75) is 57.9 Å². The third-order valence-electron chi connectivity index (χ3n) is 2.63. The number of ether oxygens (including phenoxy) is 2. The van der Waals surface area contributed by atoms with E-state index in [1.165, 1.54) is 0 Å². The lowest BCUT2D eigenvalue weighted by Gasteiger charge is -2.34. The third-order valence-corrected chi connectivity index (χ3v) is 2.63. The van der Waals surface area contributed by atoms with E-state index < -0.39 is 0 Å². The monoisotopic (exact) mass is 201 g/mol. The summed E-state index contributed by atoms with van der Waals surface area (Å²) >= 11 is 0. The number of hydrogen-bond donors (Lipinski definition) is 1. The highest BCUT2D eigenvalue weighted by Crippen LogP contribution is 2.19. The van der Waals surface area contributed by atoms with Crippen molar-refractivity contribution in [1.29, 1.82) is 0 Å². The molecule has 0 saturated carbocycles. The molecule has 0 bridgehead atoms. The molecule has 1 fully saturated rings. The highest BCUT2D eigenvalue weighted by atomic mass is 16.5. The minimum absolute atomic E-state index is 0.381. The maximum Gasteiger partial charge on any atom is 0.0613 e. The van der Waals surface area contributed by atoms with Crippen LogP contribution in [0.5, 0.6) is 0 Å². The first kappa shape index (κ1) is 12.0. The van der Waals surface area contributed by atoms with Crippen molar-refractivity contribution in [2.24, 2.45) is 0 Å². The highest BCUT2D eigenvalue weighted by molar-refractivity contribution is 4.80. The van der Waals surface area contributed by atoms with Crippen LogP contribution in [0.2, 0.25) is 0 Å². The molecule has 3 nitrogen and oxygen atoms in total. The van der Waals surface area contributed by atoms with Crippen molar-refractivity contribution in [2.75, 3.05) is 13.7 Å². The van der Waals surface area contributed by atoms with E-state index in [0.29, 0.717) is 24.3 Å². The van der Waals surface area contributed by atoms with Gasteiger partial charge in [0.05, 0.1) is 18.8 Å². The lowest BCUT2D eigenvalue weighted by molar-refractivity contribution is -0.0443. The average molecular weight is 201 g/mol. The molecule has 1 aliphatic heterocycles. The molecule has 14 heavy (non-hydrogen) atoms. The van der Waals surface area contributed by atoms with Gasteiger partial charge < -0.3 is 14.8 Å². The van der Waals surface area contributed by atoms with E-state index in [9.17, 15) is 0 Å². The first-order valence-electron chi connectivity index (χ1n) is 5.52. The van der Waals surface area contributed by atoms with Gasteiger partial charge in [-0.2, -0.15) is 0 Å². The van der Waals surface area contributed by atoms with Crippen LogP contribution in [0.3, 0.4) is 0 Å². The summed E-state index contributed by atoms with van der Waals surface area (Å²) in [6.45, 7) is 7.23. The van der Waals surface area contributed by atoms with Gasteiger partial charge in [-0.05, 0) is 33.6 Å². The average Bonchev–Trinajstić information content (AvgIpc) is 2.01. The number of methoxy groups -OCH3 is 1. The first-order chi connectivity index (χ1) is 6.61. The molecular weight excluding hydrogens is 178 g/mol. The van der Waals surface area contributed by atoms with Gasteiger partial charge in [0.25, 0.3) is 0 Å². The summed E-state index contributed by atoms with van der Waals surface area (Å²) in [5.74, 6) is 0. The minimum atomic E-state index is 0.381. The molecule has 1 saturated heterocycles. The molecule has 4 atom stereocenters. The van der Waals surface area contributed by atoms with Gasteiger partial charge in [-0.25, -0.2) is 0 Å². The lowest BCUT2D eigenvalue weighted by atomic mass is 9.99. The molecule has 0 aromatic heterocycles. The van der Waals surface area contributed by atoms with Crippen molar-refractivity contribution in [3.8, 4) is 0 Å². The minimum Gasteiger partial charge on any atom is -0.383 e. The topological polar surface area (TPSA) is 30.5 Å². The van der Waals surface area contributed by atoms with E-state index in [1.54, 1.807) is 7.11 Å². The largest absolute Gasteiger partial charge is 0.383 e. The maximum atomic E-state index is 5.69. The van der Waals surface area contributed by atoms with Gasteiger partial charge in [0.1, 0.15) is 0 Å². The molecule has 84 valence electrons. The Labute approximate surface area is 87.2 Å². The Bertz CT molecular complexity index is 153. The van der Waals surface area contributed by atoms with Crippen LogP contribution >= 0.6 is 0 Å². The Morgan fingerprint density at radius 1 is 1.36 bits per heavy atom. The van der Waals surface area contributed by atoms with E-state index in [2.05, 4.69) is 26.1 Å². The second kappa shape index (κ2) is 5.69. The molecule has 1 aliphatic rings. The van der Waals surface area contributed by atoms with Crippen LogP contribution in [0.1, 0.15) is 33.6 Å². The highest BCUT2D eigenvalue weighted by Gasteiger charge is 2.24. The Kier molecular flexibility index (Phi) is 4.85. The van der Waals surface area contributed by atoms with E-state index in [1.807, 2.05) is 0 Å². The Balaban J connectivity index is 2.29. The number of hydrogen-bond acceptors (Lipinski definition) is 3. The zero-order valence-corrected chi connectivity index (χ0v) is 9.75. The summed E-state index contributed by atoms with van der Waals surface area (Å²) in [4.78, 5) is 0. The van der Waals surface area contributed by atoms with Gasteiger partial charge >= 0.3 is 0 Å². The van der Waals surface area contributed by atoms with E-state index >= 15 is 0 Å². The standard InChI is InChI=1S/C11H23NO2/c1-8(7-13-4)12-11-5-9(2)14-10(3)6-11/h8-12H,5-7H2,1-4H3/t8-,9-,10+,11?/m0/s1. The normalized spacial score (nSPS) is 35.6. The van der Waals surface area contributed by atoms with E-state index in [4.69, 9.17) is 9.47 Å². The van der Waals surface area contributed by atoms with Crippen LogP contribution in [0.4, 0.5) is 0 Å². The smallest absolute Gasteiger partial charge is 0.0613 e. The fraction of sp³-hybridized carbons (Fsp3) is 1.00. The van der Waals surface area contributed by atoms with Gasteiger partial charge in [0.15, 0.2) is 0 Å². The second-order valence-electron chi connectivity index (χ2n) is 4.45. The summed E-state index contributed by atoms with van der Waals surface area (Å²) in [7, 11) is 1.74. The maximum absolute atomic E-state index is 5.69. The molecule has 0 aromatic carbocycles. The van der Waals surface area contributed by atoms with Crippen LogP contribution < -0.4 is 5.32 Å². The molecule has 0 spiro atoms.